The van der Waals surface area contributed by atoms with Gasteiger partial charge >= 0.3 is 6.18 Å². The summed E-state index contributed by atoms with van der Waals surface area (Å²) in [6, 6.07) is 2.48. The van der Waals surface area contributed by atoms with Crippen LogP contribution in [0.3, 0.4) is 0 Å². The molecule has 7 heteroatoms. The summed E-state index contributed by atoms with van der Waals surface area (Å²) in [6.07, 6.45) is -4.23. The first-order valence-electron chi connectivity index (χ1n) is 4.86. The molecule has 96 valence electrons. The molecule has 1 aromatic carbocycles. The molecule has 18 heavy (non-hydrogen) atoms. The molecule has 1 aliphatic heterocycles. The van der Waals surface area contributed by atoms with Gasteiger partial charge in [0.2, 0.25) is 9.84 Å². The maximum absolute atomic E-state index is 12.5. The third kappa shape index (κ3) is 2.05. The van der Waals surface area contributed by atoms with Gasteiger partial charge in [-0.1, -0.05) is 6.07 Å². The van der Waals surface area contributed by atoms with Gasteiger partial charge in [0, 0.05) is 11.8 Å². The molecule has 3 nitrogen and oxygen atoms in total. The quantitative estimate of drug-likeness (QED) is 0.779. The predicted octanol–water partition coefficient (Wildman–Crippen LogP) is 2.42. The Labute approximate surface area is 101 Å². The fourth-order valence-corrected chi connectivity index (χ4v) is 3.28. The van der Waals surface area contributed by atoms with E-state index >= 15 is 0 Å². The van der Waals surface area contributed by atoms with E-state index in [2.05, 4.69) is 0 Å². The topological polar surface area (TPSA) is 51.2 Å². The minimum Gasteiger partial charge on any atom is -0.303 e. The summed E-state index contributed by atoms with van der Waals surface area (Å²) in [7, 11) is -3.88. The van der Waals surface area contributed by atoms with E-state index in [-0.39, 0.29) is 17.6 Å². The molecular formula is C11H7F3O3S. The number of alkyl halides is 3. The van der Waals surface area contributed by atoms with Gasteiger partial charge in [-0.05, 0) is 23.3 Å². The average Bonchev–Trinajstić information content (AvgIpc) is 2.50. The first kappa shape index (κ1) is 12.8. The van der Waals surface area contributed by atoms with Crippen LogP contribution in [-0.2, 0) is 20.8 Å². The molecule has 0 saturated heterocycles. The highest BCUT2D eigenvalue weighted by Crippen LogP contribution is 2.38. The summed E-state index contributed by atoms with van der Waals surface area (Å²) in [5, 5.41) is 0.840. The van der Waals surface area contributed by atoms with Crippen LogP contribution >= 0.6 is 0 Å². The van der Waals surface area contributed by atoms with Crippen molar-refractivity contribution in [3.63, 3.8) is 0 Å². The van der Waals surface area contributed by atoms with E-state index in [1.54, 1.807) is 0 Å². The van der Waals surface area contributed by atoms with Gasteiger partial charge in [-0.25, -0.2) is 8.42 Å². The smallest absolute Gasteiger partial charge is 0.303 e. The molecule has 0 saturated carbocycles. The Morgan fingerprint density at radius 3 is 2.44 bits per heavy atom. The molecule has 0 radical (unpaired) electrons. The van der Waals surface area contributed by atoms with Gasteiger partial charge in [0.05, 0.1) is 10.5 Å². The zero-order valence-electron chi connectivity index (χ0n) is 8.86. The summed E-state index contributed by atoms with van der Waals surface area (Å²) in [6.45, 7) is 0. The molecule has 0 fully saturated rings. The molecule has 0 aromatic heterocycles. The van der Waals surface area contributed by atoms with Crippen LogP contribution in [0.5, 0.6) is 0 Å². The van der Waals surface area contributed by atoms with Crippen molar-refractivity contribution in [1.82, 2.24) is 0 Å². The van der Waals surface area contributed by atoms with Crippen LogP contribution < -0.4 is 0 Å². The molecule has 0 spiro atoms. The highest BCUT2D eigenvalue weighted by molar-refractivity contribution is 7.95. The number of rotatable bonds is 2. The van der Waals surface area contributed by atoms with Gasteiger partial charge in [-0.15, -0.1) is 0 Å². The molecule has 2 rings (SSSR count). The van der Waals surface area contributed by atoms with Crippen LogP contribution in [0.1, 0.15) is 17.5 Å². The normalized spacial score (nSPS) is 17.2. The number of hydrogen-bond acceptors (Lipinski definition) is 3. The predicted molar refractivity (Wildman–Crippen MR) is 57.3 cm³/mol. The zero-order valence-corrected chi connectivity index (χ0v) is 9.68. The monoisotopic (exact) mass is 276 g/mol. The number of aldehydes is 1. The molecule has 0 amide bonds. The standard InChI is InChI=1S/C11H7F3O3S/c12-11(13,14)8-1-2-9-7(3-4-15)6-18(16,17)10(9)5-8/h1-2,4-6H,3H2. The Kier molecular flexibility index (Phi) is 2.81. The van der Waals surface area contributed by atoms with Crippen LogP contribution in [-0.4, -0.2) is 14.7 Å². The highest BCUT2D eigenvalue weighted by atomic mass is 32.2. The third-order valence-electron chi connectivity index (χ3n) is 2.56. The lowest BCUT2D eigenvalue weighted by Gasteiger charge is -2.09. The zero-order chi connectivity index (χ0) is 13.6. The van der Waals surface area contributed by atoms with Crippen LogP contribution in [0.2, 0.25) is 0 Å². The van der Waals surface area contributed by atoms with Crippen LogP contribution in [0.25, 0.3) is 5.57 Å². The molecule has 1 heterocycles. The van der Waals surface area contributed by atoms with Crippen molar-refractivity contribution >= 4 is 21.7 Å². The molecule has 0 unspecified atom stereocenters. The molecule has 0 N–H and O–H groups in total. The molecular weight excluding hydrogens is 269 g/mol. The minimum absolute atomic E-state index is 0.141. The molecule has 0 aliphatic carbocycles. The van der Waals surface area contributed by atoms with E-state index in [0.29, 0.717) is 12.4 Å². The number of benzene rings is 1. The van der Waals surface area contributed by atoms with Gasteiger partial charge in [-0.2, -0.15) is 13.2 Å². The number of carbonyl (C=O) groups excluding carboxylic acids is 1. The number of fused-ring (bicyclic) bond motifs is 1. The van der Waals surface area contributed by atoms with Gasteiger partial charge < -0.3 is 4.79 Å². The van der Waals surface area contributed by atoms with Crippen molar-refractivity contribution < 1.29 is 26.4 Å². The maximum Gasteiger partial charge on any atom is 0.416 e. The second-order valence-corrected chi connectivity index (χ2v) is 5.53. The van der Waals surface area contributed by atoms with E-state index < -0.39 is 26.5 Å². The Hall–Kier alpha value is -1.63. The second kappa shape index (κ2) is 3.94. The van der Waals surface area contributed by atoms with Gasteiger partial charge in [0.1, 0.15) is 6.29 Å². The van der Waals surface area contributed by atoms with Crippen molar-refractivity contribution in [2.75, 3.05) is 0 Å². The molecule has 0 atom stereocenters. The lowest BCUT2D eigenvalue weighted by Crippen LogP contribution is -2.06. The average molecular weight is 276 g/mol. The van der Waals surface area contributed by atoms with Crippen molar-refractivity contribution in [3.05, 3.63) is 34.7 Å². The van der Waals surface area contributed by atoms with Crippen LogP contribution in [0.15, 0.2) is 28.5 Å². The summed E-state index contributed by atoms with van der Waals surface area (Å²) in [4.78, 5) is 10.00. The number of carbonyl (C=O) groups is 1. The van der Waals surface area contributed by atoms with Crippen molar-refractivity contribution in [1.29, 1.82) is 0 Å². The fourth-order valence-electron chi connectivity index (χ4n) is 1.76. The number of allylic oxidation sites excluding steroid dienone is 1. The van der Waals surface area contributed by atoms with E-state index in [1.807, 2.05) is 0 Å². The molecule has 1 aliphatic rings. The first-order chi connectivity index (χ1) is 8.25. The molecule has 1 aromatic rings. The maximum atomic E-state index is 12.5. The largest absolute Gasteiger partial charge is 0.416 e. The Balaban J connectivity index is 2.62. The Morgan fingerprint density at radius 1 is 1.22 bits per heavy atom. The summed E-state index contributed by atoms with van der Waals surface area (Å²) >= 11 is 0. The Morgan fingerprint density at radius 2 is 1.89 bits per heavy atom. The summed E-state index contributed by atoms with van der Waals surface area (Å²) in [5.41, 5.74) is -0.644. The van der Waals surface area contributed by atoms with E-state index in [1.165, 1.54) is 0 Å². The third-order valence-corrected chi connectivity index (χ3v) is 4.11. The minimum atomic E-state index is -4.60. The number of sulfone groups is 1. The second-order valence-electron chi connectivity index (χ2n) is 3.77. The van der Waals surface area contributed by atoms with Gasteiger partial charge in [-0.3, -0.25) is 0 Å². The number of hydrogen-bond donors (Lipinski definition) is 0. The van der Waals surface area contributed by atoms with E-state index in [0.717, 1.165) is 17.5 Å². The highest BCUT2D eigenvalue weighted by Gasteiger charge is 2.34. The van der Waals surface area contributed by atoms with Gasteiger partial charge in [0.15, 0.2) is 0 Å². The van der Waals surface area contributed by atoms with Crippen LogP contribution in [0.4, 0.5) is 13.2 Å². The summed E-state index contributed by atoms with van der Waals surface area (Å²) < 4.78 is 60.8. The lowest BCUT2D eigenvalue weighted by molar-refractivity contribution is -0.137. The lowest BCUT2D eigenvalue weighted by atomic mass is 10.0. The number of halogens is 3. The molecule has 0 bridgehead atoms. The van der Waals surface area contributed by atoms with Gasteiger partial charge in [0.25, 0.3) is 0 Å². The summed E-state index contributed by atoms with van der Waals surface area (Å²) in [5.74, 6) is 0. The first-order valence-corrected chi connectivity index (χ1v) is 6.41. The van der Waals surface area contributed by atoms with Crippen molar-refractivity contribution in [2.45, 2.75) is 17.5 Å². The van der Waals surface area contributed by atoms with Crippen molar-refractivity contribution in [2.24, 2.45) is 0 Å². The van der Waals surface area contributed by atoms with Crippen molar-refractivity contribution in [3.8, 4) is 0 Å². The fraction of sp³-hybridized carbons (Fsp3) is 0.182. The van der Waals surface area contributed by atoms with Crippen LogP contribution in [0, 0.1) is 0 Å². The van der Waals surface area contributed by atoms with E-state index in [9.17, 15) is 26.4 Å². The Bertz CT molecular complexity index is 642. The van der Waals surface area contributed by atoms with E-state index in [4.69, 9.17) is 0 Å². The SMILES string of the molecule is O=CCC1=CS(=O)(=O)c2cc(C(F)(F)F)ccc21.